The Kier molecular flexibility index (Phi) is 36.2. The van der Waals surface area contributed by atoms with E-state index in [4.69, 9.17) is 20.4 Å². The van der Waals surface area contributed by atoms with E-state index >= 15 is 0 Å². The van der Waals surface area contributed by atoms with E-state index in [0.717, 1.165) is 12.8 Å². The Morgan fingerprint density at radius 2 is 0.721 bits per heavy atom. The molecule has 0 rings (SSSR count). The first-order valence-corrected chi connectivity index (χ1v) is 17.0. The molecule has 0 aliphatic carbocycles. The molecular formula is C34H75ClN2O6. The summed E-state index contributed by atoms with van der Waals surface area (Å²) >= 11 is 0. The summed E-state index contributed by atoms with van der Waals surface area (Å²) in [5.41, 5.74) is 0. The Hall–Kier alpha value is -0.480. The maximum atomic E-state index is 10.2. The van der Waals surface area contributed by atoms with Gasteiger partial charge in [0.15, 0.2) is 0 Å². The van der Waals surface area contributed by atoms with Crippen molar-refractivity contribution in [1.82, 2.24) is 0 Å². The van der Waals surface area contributed by atoms with Gasteiger partial charge in [0.25, 0.3) is 0 Å². The quantitative estimate of drug-likeness (QED) is 0.0939. The van der Waals surface area contributed by atoms with Crippen LogP contribution in [0.4, 0.5) is 0 Å². The number of likely N-dealkylation sites (N-methyl/N-ethyl adjacent to an activating group) is 2. The van der Waals surface area contributed by atoms with Crippen LogP contribution in [-0.2, 0) is 4.79 Å². The minimum absolute atomic E-state index is 0. The second kappa shape index (κ2) is 31.5. The number of halogens is 1. The van der Waals surface area contributed by atoms with Crippen molar-refractivity contribution in [2.75, 3.05) is 54.4 Å². The van der Waals surface area contributed by atoms with Gasteiger partial charge in [-0.3, -0.25) is 0 Å². The third-order valence-electron chi connectivity index (χ3n) is 7.02. The number of aliphatic hydroxyl groups is 4. The summed E-state index contributed by atoms with van der Waals surface area (Å²) in [5, 5.41) is 46.6. The van der Waals surface area contributed by atoms with Crippen LogP contribution < -0.4 is 17.5 Å². The van der Waals surface area contributed by atoms with Crippen LogP contribution in [0.5, 0.6) is 0 Å². The van der Waals surface area contributed by atoms with Gasteiger partial charge in [-0.1, -0.05) is 96.8 Å². The molecule has 0 fully saturated rings. The van der Waals surface area contributed by atoms with Gasteiger partial charge in [-0.05, 0) is 40.5 Å². The average molecular weight is 643 g/mol. The third-order valence-corrected chi connectivity index (χ3v) is 7.02. The Morgan fingerprint density at radius 3 is 0.907 bits per heavy atom. The van der Waals surface area contributed by atoms with Crippen molar-refractivity contribution >= 4 is 5.97 Å². The normalized spacial score (nSPS) is 14.3. The number of nitrogens with zero attached hydrogens (tertiary/aromatic N) is 2. The molecule has 0 saturated heterocycles. The molecule has 0 aliphatic rings. The lowest BCUT2D eigenvalue weighted by molar-refractivity contribution is -0.895. The molecule has 0 aromatic rings. The van der Waals surface area contributed by atoms with Gasteiger partial charge in [-0.2, -0.15) is 0 Å². The van der Waals surface area contributed by atoms with Gasteiger partial charge in [0.05, 0.1) is 28.2 Å². The monoisotopic (exact) mass is 643 g/mol. The highest BCUT2D eigenvalue weighted by Gasteiger charge is 2.20. The largest absolute Gasteiger partial charge is 1.00 e. The highest BCUT2D eigenvalue weighted by Crippen LogP contribution is 2.13. The molecule has 0 aromatic heterocycles. The van der Waals surface area contributed by atoms with Crippen molar-refractivity contribution in [3.63, 3.8) is 0 Å². The van der Waals surface area contributed by atoms with Gasteiger partial charge in [0, 0.05) is 5.97 Å². The van der Waals surface area contributed by atoms with E-state index in [1.54, 1.807) is 27.7 Å². The molecule has 0 bridgehead atoms. The van der Waals surface area contributed by atoms with E-state index in [-0.39, 0.29) is 43.2 Å². The number of carbonyl (C=O) groups is 1. The highest BCUT2D eigenvalue weighted by molar-refractivity contribution is 5.64. The molecule has 0 spiro atoms. The van der Waals surface area contributed by atoms with E-state index < -0.39 is 5.97 Å². The molecule has 4 unspecified atom stereocenters. The maximum Gasteiger partial charge on any atom is 0.104 e. The van der Waals surface area contributed by atoms with Crippen molar-refractivity contribution in [2.45, 2.75) is 162 Å². The second-order valence-electron chi connectivity index (χ2n) is 14.1. The average Bonchev–Trinajstić information content (AvgIpc) is 2.78. The summed E-state index contributed by atoms with van der Waals surface area (Å²) < 4.78 is 1.32. The molecule has 0 radical (unpaired) electrons. The summed E-state index contributed by atoms with van der Waals surface area (Å²) in [7, 11) is 8.00. The second-order valence-corrected chi connectivity index (χ2v) is 14.1. The molecule has 43 heavy (non-hydrogen) atoms. The van der Waals surface area contributed by atoms with Crippen molar-refractivity contribution in [2.24, 2.45) is 0 Å². The number of hydrogen-bond acceptors (Lipinski definition) is 6. The summed E-state index contributed by atoms with van der Waals surface area (Å²) in [6, 6.07) is 0. The predicted molar refractivity (Wildman–Crippen MR) is 175 cm³/mol. The minimum Gasteiger partial charge on any atom is -1.00 e. The molecule has 4 atom stereocenters. The first-order valence-electron chi connectivity index (χ1n) is 17.0. The zero-order chi connectivity index (χ0) is 33.0. The Morgan fingerprint density at radius 1 is 0.512 bits per heavy atom. The van der Waals surface area contributed by atoms with Gasteiger partial charge < -0.3 is 51.7 Å². The number of carboxylic acids is 1. The van der Waals surface area contributed by atoms with Gasteiger partial charge in [0.1, 0.15) is 50.6 Å². The van der Waals surface area contributed by atoms with Crippen LogP contribution in [0.2, 0.25) is 0 Å². The number of carboxylic acid groups (broad SMARTS) is 1. The van der Waals surface area contributed by atoms with Crippen LogP contribution in [0.25, 0.3) is 0 Å². The number of unbranched alkanes of at least 4 members (excludes halogenated alkanes) is 14. The third kappa shape index (κ3) is 48.6. The van der Waals surface area contributed by atoms with Crippen LogP contribution in [0, 0.1) is 0 Å². The number of aliphatic carboxylic acids is 1. The molecule has 0 aliphatic heterocycles. The maximum absolute atomic E-state index is 10.2. The molecule has 0 heterocycles. The fourth-order valence-electron chi connectivity index (χ4n) is 5.65. The van der Waals surface area contributed by atoms with Crippen LogP contribution in [0.3, 0.4) is 0 Å². The lowest BCUT2D eigenvalue weighted by atomic mass is 10.0. The van der Waals surface area contributed by atoms with Gasteiger partial charge in [0.2, 0.25) is 0 Å². The zero-order valence-corrected chi connectivity index (χ0v) is 30.6. The summed E-state index contributed by atoms with van der Waals surface area (Å²) in [6.07, 6.45) is 18.6. The van der Waals surface area contributed by atoms with Gasteiger partial charge >= 0.3 is 0 Å². The van der Waals surface area contributed by atoms with Crippen molar-refractivity contribution in [3.8, 4) is 0 Å². The van der Waals surface area contributed by atoms with E-state index in [1.165, 1.54) is 83.5 Å². The van der Waals surface area contributed by atoms with E-state index in [2.05, 4.69) is 6.92 Å². The van der Waals surface area contributed by atoms with Crippen molar-refractivity contribution < 1.29 is 51.7 Å². The lowest BCUT2D eigenvalue weighted by Crippen LogP contribution is -3.00. The van der Waals surface area contributed by atoms with E-state index in [0.29, 0.717) is 35.1 Å². The number of quaternary nitrogens is 2. The Bertz CT molecular complexity index is 535. The lowest BCUT2D eigenvalue weighted by Gasteiger charge is -2.31. The van der Waals surface area contributed by atoms with Crippen LogP contribution in [-0.4, -0.2) is 114 Å². The van der Waals surface area contributed by atoms with Crippen LogP contribution in [0.1, 0.15) is 137 Å². The SMILES string of the molecule is CC(O)C[N+](C)(C)CC(C)O.CC(O)C[N+](C)(C)CC(C)O.CCCCCCCCCCCCCCCCCC(=O)[O-].[Cl-]. The first-order chi connectivity index (χ1) is 19.4. The zero-order valence-electron chi connectivity index (χ0n) is 29.8. The summed E-state index contributed by atoms with van der Waals surface area (Å²) in [4.78, 5) is 10.2. The molecule has 264 valence electrons. The number of hydrogen-bond donors (Lipinski definition) is 4. The smallest absolute Gasteiger partial charge is 0.104 e. The highest BCUT2D eigenvalue weighted by atomic mass is 35.5. The fourth-order valence-corrected chi connectivity index (χ4v) is 5.65. The van der Waals surface area contributed by atoms with Crippen molar-refractivity contribution in [1.29, 1.82) is 0 Å². The van der Waals surface area contributed by atoms with Crippen LogP contribution in [0.15, 0.2) is 0 Å². The molecule has 4 N–H and O–H groups in total. The molecule has 8 nitrogen and oxygen atoms in total. The van der Waals surface area contributed by atoms with Gasteiger partial charge in [-0.15, -0.1) is 0 Å². The fraction of sp³-hybridized carbons (Fsp3) is 0.971. The van der Waals surface area contributed by atoms with E-state index in [1.807, 2.05) is 28.2 Å². The molecule has 0 amide bonds. The standard InChI is InChI=1S/C18H36O2.2C8H20NO2.ClH/c1-2-3-4-5-6-7-8-9-10-11-12-13-14-15-16-17-18(19)20;2*1-7(10)5-9(3,4)6-8(2)11;/h2-17H2,1H3,(H,19,20);2*7-8,10-11H,5-6H2,1-4H3;1H/q;2*+1;/p-2. The molecule has 9 heteroatoms. The van der Waals surface area contributed by atoms with Gasteiger partial charge in [-0.25, -0.2) is 0 Å². The Labute approximate surface area is 273 Å². The molecular weight excluding hydrogens is 568 g/mol. The number of aliphatic hydroxyl groups excluding tert-OH is 4. The van der Waals surface area contributed by atoms with Crippen LogP contribution >= 0.6 is 0 Å². The number of rotatable bonds is 24. The number of carbonyl (C=O) groups excluding carboxylic acids is 1. The Balaban J connectivity index is -0.000000283. The first kappa shape index (κ1) is 49.4. The molecule has 0 saturated carbocycles. The summed E-state index contributed by atoms with van der Waals surface area (Å²) in [5.74, 6) is -0.903. The topological polar surface area (TPSA) is 121 Å². The molecule has 0 aromatic carbocycles. The summed E-state index contributed by atoms with van der Waals surface area (Å²) in [6.45, 7) is 12.1. The predicted octanol–water partition coefficient (Wildman–Crippen LogP) is 1.65. The van der Waals surface area contributed by atoms with Crippen molar-refractivity contribution in [3.05, 3.63) is 0 Å². The minimum atomic E-state index is -0.903. The van der Waals surface area contributed by atoms with E-state index in [9.17, 15) is 9.90 Å².